The molecule has 1 aliphatic carbocycles. The number of alkyl carbamates (subject to hydrolysis) is 1. The molecule has 3 fully saturated rings. The number of hydrogen-bond donors (Lipinski definition) is 3. The number of nitrogens with one attached hydrogen (secondary N) is 1. The van der Waals surface area contributed by atoms with E-state index < -0.39 is 68.5 Å². The summed E-state index contributed by atoms with van der Waals surface area (Å²) in [6.45, 7) is -0.861. The summed E-state index contributed by atoms with van der Waals surface area (Å²) in [6.07, 6.45) is 3.91. The topological polar surface area (TPSA) is 183 Å². The summed E-state index contributed by atoms with van der Waals surface area (Å²) in [7, 11) is -8.41. The van der Waals surface area contributed by atoms with Crippen LogP contribution in [0.25, 0.3) is 0 Å². The number of ether oxygens (including phenoxy) is 3. The molecule has 1 saturated carbocycles. The van der Waals surface area contributed by atoms with Crippen LogP contribution in [0.2, 0.25) is 0 Å². The zero-order chi connectivity index (χ0) is 23.6. The molecule has 0 aromatic rings. The number of carbonyl (C=O) groups is 2. The van der Waals surface area contributed by atoms with E-state index in [0.29, 0.717) is 19.3 Å². The van der Waals surface area contributed by atoms with E-state index >= 15 is 0 Å². The van der Waals surface area contributed by atoms with Crippen molar-refractivity contribution >= 4 is 32.3 Å². The smallest absolute Gasteiger partial charge is 0.407 e. The van der Waals surface area contributed by atoms with Crippen LogP contribution >= 0.6 is 0 Å². The van der Waals surface area contributed by atoms with E-state index in [4.69, 9.17) is 23.3 Å². The van der Waals surface area contributed by atoms with Gasteiger partial charge >= 0.3 is 12.1 Å². The third kappa shape index (κ3) is 6.76. The maximum atomic E-state index is 12.4. The molecular formula is C18H29NO11S2. The number of rotatable bonds is 9. The number of fused-ring (bicyclic) bond motifs is 2. The van der Waals surface area contributed by atoms with Crippen LogP contribution in [-0.2, 0) is 39.2 Å². The minimum Gasteiger partial charge on any atom is -0.464 e. The average Bonchev–Trinajstić information content (AvgIpc) is 3.26. The van der Waals surface area contributed by atoms with E-state index in [1.54, 1.807) is 0 Å². The normalized spacial score (nSPS) is 32.4. The summed E-state index contributed by atoms with van der Waals surface area (Å²) in [5.41, 5.74) is -0.507. The van der Waals surface area contributed by atoms with Gasteiger partial charge in [-0.1, -0.05) is 6.42 Å². The summed E-state index contributed by atoms with van der Waals surface area (Å²) in [4.78, 5) is 24.3. The van der Waals surface area contributed by atoms with Gasteiger partial charge in [0.2, 0.25) is 0 Å². The van der Waals surface area contributed by atoms with E-state index in [0.717, 1.165) is 25.7 Å². The Morgan fingerprint density at radius 1 is 1.00 bits per heavy atom. The fraction of sp³-hybridized carbons (Fsp3) is 0.889. The highest BCUT2D eigenvalue weighted by Gasteiger charge is 2.58. The summed E-state index contributed by atoms with van der Waals surface area (Å²) in [6, 6.07) is -0.190. The molecule has 0 aromatic heterocycles. The van der Waals surface area contributed by atoms with Crippen molar-refractivity contribution in [3.63, 3.8) is 0 Å². The summed E-state index contributed by atoms with van der Waals surface area (Å²) >= 11 is 0. The molecule has 2 aliphatic heterocycles. The Bertz CT molecular complexity index is 919. The Balaban J connectivity index is 1.50. The molecule has 3 aliphatic rings. The zero-order valence-corrected chi connectivity index (χ0v) is 19.1. The van der Waals surface area contributed by atoms with Gasteiger partial charge in [-0.05, 0) is 44.4 Å². The molecule has 2 saturated heterocycles. The fourth-order valence-corrected chi connectivity index (χ4v) is 5.63. The molecule has 2 heterocycles. The second-order valence-corrected chi connectivity index (χ2v) is 11.8. The lowest BCUT2D eigenvalue weighted by molar-refractivity contribution is -0.149. The van der Waals surface area contributed by atoms with Crippen LogP contribution in [0.15, 0.2) is 0 Å². The zero-order valence-electron chi connectivity index (χ0n) is 17.5. The van der Waals surface area contributed by atoms with E-state index in [9.17, 15) is 26.4 Å². The molecular weight excluding hydrogens is 470 g/mol. The molecule has 0 radical (unpaired) electrons. The summed E-state index contributed by atoms with van der Waals surface area (Å²) in [5.74, 6) is -2.26. The van der Waals surface area contributed by atoms with Crippen LogP contribution in [-0.4, -0.2) is 80.5 Å². The molecule has 14 heteroatoms. The van der Waals surface area contributed by atoms with E-state index in [1.165, 1.54) is 0 Å². The van der Waals surface area contributed by atoms with Crippen LogP contribution in [0.5, 0.6) is 0 Å². The Labute approximate surface area is 186 Å². The number of esters is 1. The fourth-order valence-electron chi connectivity index (χ4n) is 5.05. The van der Waals surface area contributed by atoms with Gasteiger partial charge in [-0.2, -0.15) is 16.8 Å². The van der Waals surface area contributed by atoms with E-state index in [1.807, 2.05) is 0 Å². The molecule has 12 nitrogen and oxygen atoms in total. The average molecular weight is 500 g/mol. The lowest BCUT2D eigenvalue weighted by Crippen LogP contribution is -2.46. The number of hydrogen-bond acceptors (Lipinski definition) is 9. The van der Waals surface area contributed by atoms with Crippen molar-refractivity contribution in [1.29, 1.82) is 0 Å². The predicted molar refractivity (Wildman–Crippen MR) is 109 cm³/mol. The predicted octanol–water partition coefficient (Wildman–Crippen LogP) is 0.528. The van der Waals surface area contributed by atoms with E-state index in [-0.39, 0.29) is 18.1 Å². The molecule has 32 heavy (non-hydrogen) atoms. The van der Waals surface area contributed by atoms with Gasteiger partial charge in [0.05, 0.1) is 17.6 Å². The Hall–Kier alpha value is -1.48. The van der Waals surface area contributed by atoms with Gasteiger partial charge in [-0.15, -0.1) is 0 Å². The van der Waals surface area contributed by atoms with Gasteiger partial charge in [0.25, 0.3) is 20.2 Å². The highest BCUT2D eigenvalue weighted by molar-refractivity contribution is 7.86. The first-order valence-electron chi connectivity index (χ1n) is 10.5. The third-order valence-corrected chi connectivity index (χ3v) is 7.82. The van der Waals surface area contributed by atoms with Crippen LogP contribution in [0.4, 0.5) is 4.79 Å². The highest BCUT2D eigenvalue weighted by atomic mass is 32.2. The maximum absolute atomic E-state index is 12.4. The van der Waals surface area contributed by atoms with Gasteiger partial charge in [0.1, 0.15) is 24.7 Å². The Morgan fingerprint density at radius 2 is 1.66 bits per heavy atom. The van der Waals surface area contributed by atoms with Crippen molar-refractivity contribution in [1.82, 2.24) is 5.32 Å². The molecule has 1 amide bonds. The van der Waals surface area contributed by atoms with Crippen LogP contribution in [0, 0.1) is 11.8 Å². The first kappa shape index (κ1) is 25.1. The van der Waals surface area contributed by atoms with Crippen molar-refractivity contribution in [2.75, 3.05) is 24.7 Å². The first-order valence-corrected chi connectivity index (χ1v) is 13.8. The molecule has 0 spiro atoms. The van der Waals surface area contributed by atoms with Gasteiger partial charge in [-0.3, -0.25) is 13.9 Å². The number of carbonyl (C=O) groups excluding carboxylic acids is 2. The summed E-state index contributed by atoms with van der Waals surface area (Å²) < 4.78 is 76.5. The lowest BCUT2D eigenvalue weighted by atomic mass is 9.68. The second-order valence-electron chi connectivity index (χ2n) is 8.65. The Kier molecular flexibility index (Phi) is 7.70. The van der Waals surface area contributed by atoms with Gasteiger partial charge < -0.3 is 19.5 Å². The number of amides is 1. The van der Waals surface area contributed by atoms with Crippen molar-refractivity contribution in [2.24, 2.45) is 11.8 Å². The highest BCUT2D eigenvalue weighted by Crippen LogP contribution is 2.54. The SMILES string of the molecule is O=C(NC1CCCC(C23CCC(O2)C(C(=O)OCCS(=O)(=O)O)C3)C1)OCCS(=O)(=O)O. The maximum Gasteiger partial charge on any atom is 0.407 e. The third-order valence-electron chi connectivity index (χ3n) is 6.46. The van der Waals surface area contributed by atoms with E-state index in [2.05, 4.69) is 5.32 Å². The molecule has 5 atom stereocenters. The van der Waals surface area contributed by atoms with Gasteiger partial charge in [-0.25, -0.2) is 4.79 Å². The van der Waals surface area contributed by atoms with Crippen LogP contribution in [0.3, 0.4) is 0 Å². The molecule has 0 aromatic carbocycles. The minimum absolute atomic E-state index is 0.0972. The molecule has 3 rings (SSSR count). The second kappa shape index (κ2) is 9.79. The van der Waals surface area contributed by atoms with Gasteiger partial charge in [0, 0.05) is 6.04 Å². The van der Waals surface area contributed by atoms with Crippen molar-refractivity contribution in [3.05, 3.63) is 0 Å². The Morgan fingerprint density at radius 3 is 2.31 bits per heavy atom. The van der Waals surface area contributed by atoms with Crippen LogP contribution < -0.4 is 5.32 Å². The quantitative estimate of drug-likeness (QED) is 0.297. The lowest BCUT2D eigenvalue weighted by Gasteiger charge is -2.40. The van der Waals surface area contributed by atoms with Crippen molar-refractivity contribution in [2.45, 2.75) is 62.7 Å². The van der Waals surface area contributed by atoms with Crippen molar-refractivity contribution in [3.8, 4) is 0 Å². The minimum atomic E-state index is -4.21. The summed E-state index contributed by atoms with van der Waals surface area (Å²) in [5, 5.41) is 2.72. The van der Waals surface area contributed by atoms with Crippen molar-refractivity contribution < 1.29 is 49.7 Å². The molecule has 2 bridgehead atoms. The molecule has 3 N–H and O–H groups in total. The van der Waals surface area contributed by atoms with Crippen LogP contribution in [0.1, 0.15) is 44.9 Å². The first-order chi connectivity index (χ1) is 14.9. The van der Waals surface area contributed by atoms with Gasteiger partial charge in [0.15, 0.2) is 0 Å². The monoisotopic (exact) mass is 499 g/mol. The molecule has 5 unspecified atom stereocenters. The standard InChI is InChI=1S/C18H29NO11S2/c20-16(28-6-8-31(22,23)24)14-11-18(5-4-15(14)30-18)12-2-1-3-13(10-12)19-17(21)29-7-9-32(25,26)27/h12-15H,1-11H2,(H,19,21)(H,22,23,24)(H,25,26,27). The largest absolute Gasteiger partial charge is 0.464 e. The molecule has 184 valence electrons.